The summed E-state index contributed by atoms with van der Waals surface area (Å²) in [4.78, 5) is 14.4. The maximum absolute atomic E-state index is 12.3. The van der Waals surface area contributed by atoms with Gasteiger partial charge in [-0.2, -0.15) is 0 Å². The molecular weight excluding hydrogens is 294 g/mol. The van der Waals surface area contributed by atoms with E-state index in [9.17, 15) is 4.79 Å². The summed E-state index contributed by atoms with van der Waals surface area (Å²) in [6.07, 6.45) is 0.732. The lowest BCUT2D eigenvalue weighted by Crippen LogP contribution is -2.42. The second kappa shape index (κ2) is 6.81. The fourth-order valence-corrected chi connectivity index (χ4v) is 2.92. The zero-order valence-corrected chi connectivity index (χ0v) is 13.4. The van der Waals surface area contributed by atoms with Crippen LogP contribution in [0.1, 0.15) is 24.8 Å². The second-order valence-corrected chi connectivity index (χ2v) is 6.02. The van der Waals surface area contributed by atoms with Crippen LogP contribution < -0.4 is 4.90 Å². The van der Waals surface area contributed by atoms with E-state index in [1.807, 2.05) is 35.2 Å². The van der Waals surface area contributed by atoms with Crippen LogP contribution in [0.25, 0.3) is 0 Å². The molecule has 2 aromatic rings. The highest BCUT2D eigenvalue weighted by atomic mass is 16.5. The Balaban J connectivity index is 1.54. The van der Waals surface area contributed by atoms with E-state index in [0.717, 1.165) is 18.5 Å². The Morgan fingerprint density at radius 3 is 2.78 bits per heavy atom. The number of ether oxygens (including phenoxy) is 1. The van der Waals surface area contributed by atoms with Gasteiger partial charge in [-0.25, -0.2) is 0 Å². The summed E-state index contributed by atoms with van der Waals surface area (Å²) in [6.45, 7) is 5.59. The van der Waals surface area contributed by atoms with Crippen LogP contribution >= 0.6 is 0 Å². The van der Waals surface area contributed by atoms with Crippen molar-refractivity contribution in [2.45, 2.75) is 26.9 Å². The predicted octanol–water partition coefficient (Wildman–Crippen LogP) is 2.58. The Labute approximate surface area is 135 Å². The summed E-state index contributed by atoms with van der Waals surface area (Å²) in [5, 5.41) is 7.90. The molecule has 0 bridgehead atoms. The molecule has 6 heteroatoms. The van der Waals surface area contributed by atoms with Crippen molar-refractivity contribution >= 4 is 12.0 Å². The number of carbonyl (C=O) groups excluding carboxylic acids is 1. The molecule has 0 aliphatic carbocycles. The molecule has 3 rings (SSSR count). The Kier molecular flexibility index (Phi) is 4.60. The standard InChI is InChI=1S/C17H21N3O3/c1-12-10-20(17-19-18-13(2)23-17)9-8-15(12)16(21)22-11-14-6-4-3-5-7-14/h3-7,12,15H,8-11H2,1-2H3/t12-,15-/m1/s1. The van der Waals surface area contributed by atoms with Crippen molar-refractivity contribution in [3.05, 3.63) is 41.8 Å². The molecule has 0 N–H and O–H groups in total. The molecule has 2 atom stereocenters. The van der Waals surface area contributed by atoms with Crippen molar-refractivity contribution in [2.24, 2.45) is 11.8 Å². The number of anilines is 1. The molecule has 0 unspecified atom stereocenters. The van der Waals surface area contributed by atoms with E-state index < -0.39 is 0 Å². The number of nitrogens with zero attached hydrogens (tertiary/aromatic N) is 3. The summed E-state index contributed by atoms with van der Waals surface area (Å²) < 4.78 is 10.9. The number of carbonyl (C=O) groups is 1. The molecular formula is C17H21N3O3. The maximum atomic E-state index is 12.3. The average Bonchev–Trinajstić information content (AvgIpc) is 3.00. The van der Waals surface area contributed by atoms with Gasteiger partial charge in [-0.1, -0.05) is 42.4 Å². The van der Waals surface area contributed by atoms with Crippen molar-refractivity contribution < 1.29 is 13.9 Å². The van der Waals surface area contributed by atoms with Crippen molar-refractivity contribution in [3.63, 3.8) is 0 Å². The summed E-state index contributed by atoms with van der Waals surface area (Å²) in [5.41, 5.74) is 1.01. The van der Waals surface area contributed by atoms with Gasteiger partial charge in [-0.3, -0.25) is 4.79 Å². The van der Waals surface area contributed by atoms with Gasteiger partial charge in [0.05, 0.1) is 5.92 Å². The average molecular weight is 315 g/mol. The molecule has 0 amide bonds. The number of piperidine rings is 1. The Bertz CT molecular complexity index is 656. The van der Waals surface area contributed by atoms with E-state index in [1.165, 1.54) is 0 Å². The quantitative estimate of drug-likeness (QED) is 0.808. The number of aromatic nitrogens is 2. The van der Waals surface area contributed by atoms with Crippen molar-refractivity contribution in [3.8, 4) is 0 Å². The highest BCUT2D eigenvalue weighted by Crippen LogP contribution is 2.27. The van der Waals surface area contributed by atoms with Gasteiger partial charge in [0.25, 0.3) is 0 Å². The van der Waals surface area contributed by atoms with Gasteiger partial charge in [-0.15, -0.1) is 5.10 Å². The number of rotatable bonds is 4. The largest absolute Gasteiger partial charge is 0.461 e. The molecule has 1 aliphatic rings. The first-order chi connectivity index (χ1) is 11.1. The van der Waals surface area contributed by atoms with Crippen molar-refractivity contribution in [1.82, 2.24) is 10.2 Å². The summed E-state index contributed by atoms with van der Waals surface area (Å²) in [7, 11) is 0. The van der Waals surface area contributed by atoms with E-state index in [-0.39, 0.29) is 17.8 Å². The topological polar surface area (TPSA) is 68.5 Å². The zero-order valence-electron chi connectivity index (χ0n) is 13.4. The van der Waals surface area contributed by atoms with Gasteiger partial charge in [0.15, 0.2) is 0 Å². The van der Waals surface area contributed by atoms with E-state index in [0.29, 0.717) is 25.1 Å². The molecule has 1 fully saturated rings. The van der Waals surface area contributed by atoms with Crippen LogP contribution in [-0.2, 0) is 16.1 Å². The number of aryl methyl sites for hydroxylation is 1. The predicted molar refractivity (Wildman–Crippen MR) is 84.8 cm³/mol. The zero-order chi connectivity index (χ0) is 16.2. The molecule has 1 aliphatic heterocycles. The van der Waals surface area contributed by atoms with E-state index >= 15 is 0 Å². The lowest BCUT2D eigenvalue weighted by molar-refractivity contribution is -0.152. The third-order valence-electron chi connectivity index (χ3n) is 4.22. The normalized spacial score (nSPS) is 21.2. The summed E-state index contributed by atoms with van der Waals surface area (Å²) in [5.74, 6) is 0.526. The van der Waals surface area contributed by atoms with E-state index in [1.54, 1.807) is 6.92 Å². The summed E-state index contributed by atoms with van der Waals surface area (Å²) in [6, 6.07) is 10.3. The molecule has 0 radical (unpaired) electrons. The van der Waals surface area contributed by atoms with Crippen LogP contribution in [0, 0.1) is 18.8 Å². The van der Waals surface area contributed by atoms with Gasteiger partial charge < -0.3 is 14.1 Å². The summed E-state index contributed by atoms with van der Waals surface area (Å²) >= 11 is 0. The monoisotopic (exact) mass is 315 g/mol. The van der Waals surface area contributed by atoms with Crippen LogP contribution in [0.4, 0.5) is 6.01 Å². The maximum Gasteiger partial charge on any atom is 0.318 e. The Morgan fingerprint density at radius 2 is 2.13 bits per heavy atom. The van der Waals surface area contributed by atoms with Crippen LogP contribution in [0.15, 0.2) is 34.7 Å². The molecule has 23 heavy (non-hydrogen) atoms. The molecule has 0 saturated carbocycles. The molecule has 1 aromatic heterocycles. The smallest absolute Gasteiger partial charge is 0.318 e. The Morgan fingerprint density at radius 1 is 1.35 bits per heavy atom. The van der Waals surface area contributed by atoms with Crippen molar-refractivity contribution in [2.75, 3.05) is 18.0 Å². The molecule has 1 aromatic carbocycles. The minimum atomic E-state index is -0.122. The van der Waals surface area contributed by atoms with Gasteiger partial charge in [0, 0.05) is 20.0 Å². The first-order valence-electron chi connectivity index (χ1n) is 7.89. The number of esters is 1. The minimum absolute atomic E-state index is 0.0843. The van der Waals surface area contributed by atoms with Crippen LogP contribution in [0.2, 0.25) is 0 Å². The van der Waals surface area contributed by atoms with Crippen LogP contribution in [0.3, 0.4) is 0 Å². The number of benzene rings is 1. The lowest BCUT2D eigenvalue weighted by atomic mass is 9.87. The third kappa shape index (κ3) is 3.70. The van der Waals surface area contributed by atoms with Crippen LogP contribution in [0.5, 0.6) is 0 Å². The molecule has 2 heterocycles. The number of hydrogen-bond acceptors (Lipinski definition) is 6. The van der Waals surface area contributed by atoms with Gasteiger partial charge >= 0.3 is 12.0 Å². The van der Waals surface area contributed by atoms with Gasteiger partial charge in [0.1, 0.15) is 6.61 Å². The SMILES string of the molecule is Cc1nnc(N2CC[C@@H](C(=O)OCc3ccccc3)[C@H](C)C2)o1. The van der Waals surface area contributed by atoms with Gasteiger partial charge in [0.2, 0.25) is 5.89 Å². The van der Waals surface area contributed by atoms with Crippen molar-refractivity contribution in [1.29, 1.82) is 0 Å². The first kappa shape index (κ1) is 15.5. The van der Waals surface area contributed by atoms with E-state index in [2.05, 4.69) is 17.1 Å². The minimum Gasteiger partial charge on any atom is -0.461 e. The first-order valence-corrected chi connectivity index (χ1v) is 7.89. The molecule has 122 valence electrons. The highest BCUT2D eigenvalue weighted by molar-refractivity contribution is 5.73. The Hall–Kier alpha value is -2.37. The fourth-order valence-electron chi connectivity index (χ4n) is 2.92. The van der Waals surface area contributed by atoms with Gasteiger partial charge in [-0.05, 0) is 17.9 Å². The third-order valence-corrected chi connectivity index (χ3v) is 4.22. The van der Waals surface area contributed by atoms with E-state index in [4.69, 9.17) is 9.15 Å². The van der Waals surface area contributed by atoms with Crippen LogP contribution in [-0.4, -0.2) is 29.3 Å². The number of hydrogen-bond donors (Lipinski definition) is 0. The fraction of sp³-hybridized carbons (Fsp3) is 0.471. The lowest BCUT2D eigenvalue weighted by Gasteiger charge is -2.34. The molecule has 1 saturated heterocycles. The second-order valence-electron chi connectivity index (χ2n) is 6.02. The molecule has 6 nitrogen and oxygen atoms in total. The molecule has 0 spiro atoms. The highest BCUT2D eigenvalue weighted by Gasteiger charge is 2.34.